The third-order valence-corrected chi connectivity index (χ3v) is 6.05. The molecule has 2 unspecified atom stereocenters. The summed E-state index contributed by atoms with van der Waals surface area (Å²) in [7, 11) is 0. The second-order valence-electron chi connectivity index (χ2n) is 8.10. The van der Waals surface area contributed by atoms with Gasteiger partial charge >= 0.3 is 0 Å². The first-order chi connectivity index (χ1) is 15.8. The summed E-state index contributed by atoms with van der Waals surface area (Å²) in [6.45, 7) is 1.92. The second-order valence-corrected chi connectivity index (χ2v) is 8.10. The molecule has 0 aliphatic carbocycles. The summed E-state index contributed by atoms with van der Waals surface area (Å²) in [5.41, 5.74) is 3.38. The van der Waals surface area contributed by atoms with E-state index in [1.54, 1.807) is 0 Å². The quantitative estimate of drug-likeness (QED) is 0.322. The van der Waals surface area contributed by atoms with Gasteiger partial charge in [-0.1, -0.05) is 96.2 Å². The molecule has 0 N–H and O–H groups in total. The molecule has 0 saturated heterocycles. The molecule has 2 atom stereocenters. The van der Waals surface area contributed by atoms with Crippen molar-refractivity contribution < 1.29 is 9.26 Å². The zero-order valence-electron chi connectivity index (χ0n) is 17.7. The van der Waals surface area contributed by atoms with Crippen molar-refractivity contribution in [2.45, 2.75) is 19.2 Å². The number of rotatable bonds is 3. The number of benzene rings is 4. The van der Waals surface area contributed by atoms with Crippen LogP contribution in [0.25, 0.3) is 10.8 Å². The Morgan fingerprint density at radius 3 is 2.16 bits per heavy atom. The Morgan fingerprint density at radius 2 is 1.44 bits per heavy atom. The summed E-state index contributed by atoms with van der Waals surface area (Å²) in [4.78, 5) is 2.23. The van der Waals surface area contributed by atoms with Crippen LogP contribution in [0.2, 0.25) is 0 Å². The van der Waals surface area contributed by atoms with Gasteiger partial charge in [-0.05, 0) is 29.3 Å². The summed E-state index contributed by atoms with van der Waals surface area (Å²) in [6, 6.07) is 35.4. The number of aromatic nitrogens is 1. The molecule has 1 aliphatic heterocycles. The van der Waals surface area contributed by atoms with Crippen LogP contribution in [0.5, 0.6) is 5.75 Å². The molecule has 32 heavy (non-hydrogen) atoms. The fraction of sp³-hybridized carbons (Fsp3) is 0.107. The SMILES string of the molecule is Cc1cc(N2C(c3ccccc3)Oc3ccc4ccccc4c3C2c2ccccc2)no1. The molecule has 4 nitrogen and oxygen atoms in total. The van der Waals surface area contributed by atoms with Crippen molar-refractivity contribution in [2.75, 3.05) is 4.90 Å². The molecule has 0 bridgehead atoms. The number of ether oxygens (including phenoxy) is 1. The van der Waals surface area contributed by atoms with Crippen LogP contribution in [0.15, 0.2) is 108 Å². The minimum atomic E-state index is -0.348. The normalized spacial score (nSPS) is 17.7. The highest BCUT2D eigenvalue weighted by atomic mass is 16.5. The van der Waals surface area contributed by atoms with Gasteiger partial charge in [-0.15, -0.1) is 0 Å². The van der Waals surface area contributed by atoms with E-state index >= 15 is 0 Å². The average molecular weight is 418 g/mol. The van der Waals surface area contributed by atoms with Gasteiger partial charge in [0.2, 0.25) is 6.23 Å². The number of fused-ring (bicyclic) bond motifs is 3. The molecule has 0 fully saturated rings. The van der Waals surface area contributed by atoms with Crippen LogP contribution < -0.4 is 9.64 Å². The molecule has 6 rings (SSSR count). The van der Waals surface area contributed by atoms with Gasteiger partial charge in [-0.2, -0.15) is 0 Å². The van der Waals surface area contributed by atoms with Crippen LogP contribution in [0.1, 0.15) is 34.7 Å². The standard InChI is InChI=1S/C28H22N2O2/c1-19-18-25(29-32-19)30-27(21-11-4-2-5-12-21)26-23-15-9-8-10-20(23)16-17-24(26)31-28(30)22-13-6-3-7-14-22/h2-18,27-28H,1H3. The lowest BCUT2D eigenvalue weighted by Crippen LogP contribution is -2.40. The maximum absolute atomic E-state index is 6.70. The predicted octanol–water partition coefficient (Wildman–Crippen LogP) is 6.82. The van der Waals surface area contributed by atoms with E-state index in [4.69, 9.17) is 9.26 Å². The summed E-state index contributed by atoms with van der Waals surface area (Å²) in [5, 5.41) is 6.78. The molecule has 0 amide bonds. The Morgan fingerprint density at radius 1 is 0.750 bits per heavy atom. The molecule has 5 aromatic rings. The Kier molecular flexibility index (Phi) is 4.43. The van der Waals surface area contributed by atoms with Crippen molar-refractivity contribution in [2.24, 2.45) is 0 Å². The van der Waals surface area contributed by atoms with Crippen molar-refractivity contribution in [3.05, 3.63) is 126 Å². The Labute approximate surface area is 186 Å². The maximum Gasteiger partial charge on any atom is 0.200 e. The van der Waals surface area contributed by atoms with Crippen molar-refractivity contribution in [3.63, 3.8) is 0 Å². The minimum Gasteiger partial charge on any atom is -0.466 e. The molecule has 1 aromatic heterocycles. The molecule has 0 radical (unpaired) electrons. The first-order valence-electron chi connectivity index (χ1n) is 10.8. The lowest BCUT2D eigenvalue weighted by atomic mass is 9.89. The van der Waals surface area contributed by atoms with E-state index in [2.05, 4.69) is 82.9 Å². The fourth-order valence-electron chi connectivity index (χ4n) is 4.65. The van der Waals surface area contributed by atoms with Crippen molar-refractivity contribution in [3.8, 4) is 5.75 Å². The summed E-state index contributed by atoms with van der Waals surface area (Å²) < 4.78 is 12.2. The van der Waals surface area contributed by atoms with Crippen LogP contribution in [0.3, 0.4) is 0 Å². The van der Waals surface area contributed by atoms with Crippen LogP contribution in [-0.2, 0) is 0 Å². The van der Waals surface area contributed by atoms with E-state index in [0.717, 1.165) is 28.5 Å². The number of aryl methyl sites for hydroxylation is 1. The van der Waals surface area contributed by atoms with Gasteiger partial charge in [0.15, 0.2) is 5.82 Å². The van der Waals surface area contributed by atoms with Crippen molar-refractivity contribution in [1.29, 1.82) is 0 Å². The molecule has 156 valence electrons. The monoisotopic (exact) mass is 418 g/mol. The highest BCUT2D eigenvalue weighted by Gasteiger charge is 2.40. The summed E-state index contributed by atoms with van der Waals surface area (Å²) in [5.74, 6) is 2.41. The number of hydrogen-bond donors (Lipinski definition) is 0. The molecule has 4 heteroatoms. The Bertz CT molecular complexity index is 1380. The van der Waals surface area contributed by atoms with Crippen LogP contribution in [0.4, 0.5) is 5.82 Å². The highest BCUT2D eigenvalue weighted by Crippen LogP contribution is 2.49. The lowest BCUT2D eigenvalue weighted by molar-refractivity contribution is 0.168. The van der Waals surface area contributed by atoms with Crippen LogP contribution >= 0.6 is 0 Å². The van der Waals surface area contributed by atoms with Crippen molar-refractivity contribution in [1.82, 2.24) is 5.16 Å². The van der Waals surface area contributed by atoms with Gasteiger partial charge in [-0.25, -0.2) is 0 Å². The molecular weight excluding hydrogens is 396 g/mol. The van der Waals surface area contributed by atoms with Crippen LogP contribution in [-0.4, -0.2) is 5.16 Å². The largest absolute Gasteiger partial charge is 0.466 e. The van der Waals surface area contributed by atoms with Gasteiger partial charge in [-0.3, -0.25) is 0 Å². The van der Waals surface area contributed by atoms with E-state index in [1.807, 2.05) is 37.3 Å². The summed E-state index contributed by atoms with van der Waals surface area (Å²) >= 11 is 0. The van der Waals surface area contributed by atoms with Gasteiger partial charge in [0.05, 0.1) is 6.04 Å². The first-order valence-corrected chi connectivity index (χ1v) is 10.8. The smallest absolute Gasteiger partial charge is 0.200 e. The van der Waals surface area contributed by atoms with Gasteiger partial charge in [0.25, 0.3) is 0 Å². The molecule has 0 spiro atoms. The van der Waals surface area contributed by atoms with Crippen molar-refractivity contribution >= 4 is 16.6 Å². The zero-order chi connectivity index (χ0) is 21.5. The fourth-order valence-corrected chi connectivity index (χ4v) is 4.65. The molecule has 1 aliphatic rings. The van der Waals surface area contributed by atoms with Gasteiger partial charge in [0, 0.05) is 17.2 Å². The van der Waals surface area contributed by atoms with E-state index in [1.165, 1.54) is 16.3 Å². The molecule has 2 heterocycles. The molecule has 4 aromatic carbocycles. The van der Waals surface area contributed by atoms with Gasteiger partial charge in [0.1, 0.15) is 11.5 Å². The third kappa shape index (κ3) is 3.04. The minimum absolute atomic E-state index is 0.0965. The first kappa shape index (κ1) is 18.7. The van der Waals surface area contributed by atoms with E-state index < -0.39 is 0 Å². The maximum atomic E-state index is 6.70. The van der Waals surface area contributed by atoms with Crippen LogP contribution in [0, 0.1) is 6.92 Å². The number of anilines is 1. The van der Waals surface area contributed by atoms with E-state index in [9.17, 15) is 0 Å². The molecule has 0 saturated carbocycles. The third-order valence-electron chi connectivity index (χ3n) is 6.05. The average Bonchev–Trinajstić information content (AvgIpc) is 3.29. The van der Waals surface area contributed by atoms with E-state index in [-0.39, 0.29) is 12.3 Å². The Hall–Kier alpha value is -4.05. The number of nitrogens with zero attached hydrogens (tertiary/aromatic N) is 2. The predicted molar refractivity (Wildman–Crippen MR) is 126 cm³/mol. The topological polar surface area (TPSA) is 38.5 Å². The lowest BCUT2D eigenvalue weighted by Gasteiger charge is -2.43. The Balaban J connectivity index is 1.67. The number of hydrogen-bond acceptors (Lipinski definition) is 4. The molecular formula is C28H22N2O2. The van der Waals surface area contributed by atoms with E-state index in [0.29, 0.717) is 0 Å². The van der Waals surface area contributed by atoms with Gasteiger partial charge < -0.3 is 14.2 Å². The summed E-state index contributed by atoms with van der Waals surface area (Å²) in [6.07, 6.45) is -0.348. The second kappa shape index (κ2) is 7.57. The highest BCUT2D eigenvalue weighted by molar-refractivity contribution is 5.89. The zero-order valence-corrected chi connectivity index (χ0v) is 17.7.